The molecule has 2 aromatic heterocycles. The van der Waals surface area contributed by atoms with Crippen molar-refractivity contribution in [3.05, 3.63) is 46.9 Å². The predicted octanol–water partition coefficient (Wildman–Crippen LogP) is 6.93. The number of imidazole rings is 1. The summed E-state index contributed by atoms with van der Waals surface area (Å²) in [4.78, 5) is 0. The van der Waals surface area contributed by atoms with E-state index in [1.54, 1.807) is 5.56 Å². The van der Waals surface area contributed by atoms with Gasteiger partial charge in [0, 0.05) is 25.8 Å². The Balaban J connectivity index is 2.08. The van der Waals surface area contributed by atoms with Crippen molar-refractivity contribution in [2.75, 3.05) is 0 Å². The van der Waals surface area contributed by atoms with Gasteiger partial charge in [-0.2, -0.15) is 4.40 Å². The number of rotatable bonds is 7. The molecule has 4 rings (SSSR count). The lowest BCUT2D eigenvalue weighted by Gasteiger charge is -2.34. The number of nitrogens with zero attached hydrogens (tertiary/aromatic N) is 2. The molecule has 0 bridgehead atoms. The molecule has 1 aliphatic heterocycles. The average molecular weight is 392 g/mol. The zero-order valence-corrected chi connectivity index (χ0v) is 19.7. The minimum atomic E-state index is 0.182. The third kappa shape index (κ3) is 2.86. The van der Waals surface area contributed by atoms with Crippen molar-refractivity contribution in [3.63, 3.8) is 0 Å². The highest BCUT2D eigenvalue weighted by atomic mass is 15.2. The number of aromatic nitrogens is 2. The lowest BCUT2D eigenvalue weighted by atomic mass is 9.76. The zero-order valence-electron chi connectivity index (χ0n) is 19.7. The second-order valence-corrected chi connectivity index (χ2v) is 10.0. The van der Waals surface area contributed by atoms with Crippen LogP contribution in [0.3, 0.4) is 0 Å². The second kappa shape index (κ2) is 7.15. The number of hydrogen-bond donors (Lipinski definition) is 0. The topological polar surface area (TPSA) is 8.29 Å². The van der Waals surface area contributed by atoms with E-state index in [9.17, 15) is 0 Å². The van der Waals surface area contributed by atoms with E-state index in [0.717, 1.165) is 6.42 Å². The first-order chi connectivity index (χ1) is 13.8. The maximum atomic E-state index is 2.70. The molecule has 1 aromatic carbocycles. The Labute approximate surface area is 176 Å². The van der Waals surface area contributed by atoms with E-state index in [0.29, 0.717) is 0 Å². The van der Waals surface area contributed by atoms with E-state index < -0.39 is 0 Å². The molecule has 3 aromatic rings. The fourth-order valence-electron chi connectivity index (χ4n) is 5.91. The minimum absolute atomic E-state index is 0.182. The Kier molecular flexibility index (Phi) is 5.04. The van der Waals surface area contributed by atoms with Gasteiger partial charge >= 0.3 is 0 Å². The fraction of sp³-hybridized carbons (Fsp3) is 0.593. The van der Waals surface area contributed by atoms with Gasteiger partial charge in [-0.3, -0.25) is 0 Å². The monoisotopic (exact) mass is 391 g/mol. The molecule has 0 saturated carbocycles. The summed E-state index contributed by atoms with van der Waals surface area (Å²) in [7, 11) is 0. The number of aryl methyl sites for hydroxylation is 1. The van der Waals surface area contributed by atoms with Crippen molar-refractivity contribution in [1.82, 2.24) is 4.40 Å². The van der Waals surface area contributed by atoms with Crippen LogP contribution in [0.5, 0.6) is 0 Å². The Hall–Kier alpha value is -1.83. The molecule has 0 aliphatic carbocycles. The summed E-state index contributed by atoms with van der Waals surface area (Å²) in [5.74, 6) is 0. The van der Waals surface area contributed by atoms with E-state index in [-0.39, 0.29) is 11.0 Å². The summed E-state index contributed by atoms with van der Waals surface area (Å²) in [6.45, 7) is 16.6. The Bertz CT molecular complexity index is 1060. The average Bonchev–Trinajstić information content (AvgIpc) is 2.98. The van der Waals surface area contributed by atoms with Gasteiger partial charge in [0.05, 0.1) is 5.39 Å². The van der Waals surface area contributed by atoms with Gasteiger partial charge in [0.1, 0.15) is 23.1 Å². The Morgan fingerprint density at radius 2 is 1.79 bits per heavy atom. The summed E-state index contributed by atoms with van der Waals surface area (Å²) in [6.07, 6.45) is 11.1. The molecule has 0 amide bonds. The van der Waals surface area contributed by atoms with E-state index in [2.05, 4.69) is 81.8 Å². The van der Waals surface area contributed by atoms with Crippen LogP contribution in [0.25, 0.3) is 16.4 Å². The molecule has 1 aliphatic rings. The van der Waals surface area contributed by atoms with Crippen LogP contribution in [0.2, 0.25) is 0 Å². The minimum Gasteiger partial charge on any atom is -0.221 e. The van der Waals surface area contributed by atoms with Crippen LogP contribution in [-0.4, -0.2) is 4.40 Å². The largest absolute Gasteiger partial charge is 0.295 e. The molecule has 0 unspecified atom stereocenters. The molecule has 0 radical (unpaired) electrons. The van der Waals surface area contributed by atoms with Crippen LogP contribution >= 0.6 is 0 Å². The zero-order chi connectivity index (χ0) is 21.0. The van der Waals surface area contributed by atoms with Gasteiger partial charge in [0.15, 0.2) is 0 Å². The first-order valence-electron chi connectivity index (χ1n) is 11.8. The highest BCUT2D eigenvalue weighted by Gasteiger charge is 2.44. The molecule has 0 spiro atoms. The van der Waals surface area contributed by atoms with Crippen molar-refractivity contribution in [3.8, 4) is 0 Å². The SMILES string of the molecule is CCCCCC(C)(C)c1cn2c(C)c(C)[n+]3c2c2c(cccc12)CC3(CC)CC. The van der Waals surface area contributed by atoms with Crippen LogP contribution in [0.15, 0.2) is 24.4 Å². The summed E-state index contributed by atoms with van der Waals surface area (Å²) in [5, 5.41) is 2.98. The molecule has 29 heavy (non-hydrogen) atoms. The molecule has 0 N–H and O–H groups in total. The predicted molar refractivity (Wildman–Crippen MR) is 124 cm³/mol. The van der Waals surface area contributed by atoms with Crippen molar-refractivity contribution in [2.24, 2.45) is 0 Å². The number of unbranched alkanes of at least 4 members (excludes halogenated alkanes) is 2. The molecule has 0 fully saturated rings. The first-order valence-corrected chi connectivity index (χ1v) is 11.8. The van der Waals surface area contributed by atoms with Crippen molar-refractivity contribution in [2.45, 2.75) is 104 Å². The lowest BCUT2D eigenvalue weighted by molar-refractivity contribution is -0.748. The molecule has 2 heteroatoms. The Morgan fingerprint density at radius 1 is 1.07 bits per heavy atom. The molecular formula is C27H39N2+. The van der Waals surface area contributed by atoms with Crippen LogP contribution in [0.4, 0.5) is 0 Å². The van der Waals surface area contributed by atoms with E-state index in [1.165, 1.54) is 71.9 Å². The summed E-state index contributed by atoms with van der Waals surface area (Å²) in [5.41, 5.74) is 7.70. The number of hydrogen-bond acceptors (Lipinski definition) is 0. The maximum Gasteiger partial charge on any atom is 0.295 e. The third-order valence-electron chi connectivity index (χ3n) is 8.03. The van der Waals surface area contributed by atoms with E-state index >= 15 is 0 Å². The smallest absolute Gasteiger partial charge is 0.221 e. The molecular weight excluding hydrogens is 352 g/mol. The highest BCUT2D eigenvalue weighted by Crippen LogP contribution is 2.42. The molecule has 2 nitrogen and oxygen atoms in total. The number of pyridine rings is 1. The maximum absolute atomic E-state index is 2.70. The highest BCUT2D eigenvalue weighted by molar-refractivity contribution is 5.98. The number of benzene rings is 1. The van der Waals surface area contributed by atoms with Crippen LogP contribution in [0, 0.1) is 13.8 Å². The van der Waals surface area contributed by atoms with Gasteiger partial charge < -0.3 is 0 Å². The quantitative estimate of drug-likeness (QED) is 0.305. The van der Waals surface area contributed by atoms with Gasteiger partial charge in [-0.25, -0.2) is 4.57 Å². The van der Waals surface area contributed by atoms with Crippen molar-refractivity contribution < 1.29 is 4.57 Å². The molecule has 0 saturated heterocycles. The third-order valence-corrected chi connectivity index (χ3v) is 8.03. The molecule has 3 heterocycles. The van der Waals surface area contributed by atoms with E-state index in [4.69, 9.17) is 0 Å². The van der Waals surface area contributed by atoms with Gasteiger partial charge in [0.2, 0.25) is 0 Å². The van der Waals surface area contributed by atoms with E-state index in [1.807, 2.05) is 0 Å². The summed E-state index contributed by atoms with van der Waals surface area (Å²) < 4.78 is 5.23. The first kappa shape index (κ1) is 20.4. The van der Waals surface area contributed by atoms with Crippen LogP contribution < -0.4 is 4.57 Å². The summed E-state index contributed by atoms with van der Waals surface area (Å²) >= 11 is 0. The van der Waals surface area contributed by atoms with Gasteiger partial charge in [-0.05, 0) is 35.6 Å². The second-order valence-electron chi connectivity index (χ2n) is 10.0. The Morgan fingerprint density at radius 3 is 2.45 bits per heavy atom. The summed E-state index contributed by atoms with van der Waals surface area (Å²) in [6, 6.07) is 7.06. The fourth-order valence-corrected chi connectivity index (χ4v) is 5.91. The lowest BCUT2D eigenvalue weighted by Crippen LogP contribution is -2.59. The van der Waals surface area contributed by atoms with Crippen molar-refractivity contribution in [1.29, 1.82) is 0 Å². The normalized spacial score (nSPS) is 15.7. The van der Waals surface area contributed by atoms with Crippen molar-refractivity contribution >= 4 is 16.4 Å². The van der Waals surface area contributed by atoms with Gasteiger partial charge in [0.25, 0.3) is 5.65 Å². The molecule has 156 valence electrons. The van der Waals surface area contributed by atoms with Crippen LogP contribution in [0.1, 0.15) is 95.7 Å². The van der Waals surface area contributed by atoms with Gasteiger partial charge in [-0.15, -0.1) is 0 Å². The molecule has 0 atom stereocenters. The standard InChI is InChI=1S/C27H39N2/c1-8-11-12-16-26(6,7)23-18-28-19(4)20(5)29-25(28)24-21(14-13-15-22(23)24)17-27(29,9-2)10-3/h13-15,18H,8-12,16-17H2,1-7H3/q+1. The van der Waals surface area contributed by atoms with Crippen LogP contribution in [-0.2, 0) is 17.4 Å². The van der Waals surface area contributed by atoms with Gasteiger partial charge in [-0.1, -0.05) is 72.1 Å².